The van der Waals surface area contributed by atoms with Crippen molar-refractivity contribution in [2.24, 2.45) is 0 Å². The number of benzene rings is 1. The molecule has 0 aliphatic carbocycles. The minimum atomic E-state index is -0.276. The van der Waals surface area contributed by atoms with Crippen molar-refractivity contribution in [3.05, 3.63) is 76.4 Å². The first kappa shape index (κ1) is 19.6. The van der Waals surface area contributed by atoms with Crippen LogP contribution < -0.4 is 10.1 Å². The van der Waals surface area contributed by atoms with Crippen LogP contribution in [0.2, 0.25) is 0 Å². The van der Waals surface area contributed by atoms with Crippen molar-refractivity contribution in [3.63, 3.8) is 0 Å². The number of aryl methyl sites for hydroxylation is 3. The van der Waals surface area contributed by atoms with E-state index in [1.54, 1.807) is 6.07 Å². The maximum absolute atomic E-state index is 12.4. The second-order valence-corrected chi connectivity index (χ2v) is 7.09. The summed E-state index contributed by atoms with van der Waals surface area (Å²) in [4.78, 5) is 16.9. The van der Waals surface area contributed by atoms with Crippen LogP contribution in [-0.4, -0.2) is 22.1 Å². The molecule has 1 aromatic carbocycles. The maximum Gasteiger partial charge on any atom is 0.273 e. The van der Waals surface area contributed by atoms with Crippen molar-refractivity contribution in [1.82, 2.24) is 15.5 Å². The van der Waals surface area contributed by atoms with Gasteiger partial charge in [0.25, 0.3) is 5.91 Å². The number of rotatable bonds is 7. The van der Waals surface area contributed by atoms with Crippen LogP contribution in [0.3, 0.4) is 0 Å². The normalized spacial score (nSPS) is 11.9. The third kappa shape index (κ3) is 5.19. The van der Waals surface area contributed by atoms with E-state index in [0.29, 0.717) is 12.2 Å². The molecule has 1 N–H and O–H groups in total. The number of hydrogen-bond acceptors (Lipinski definition) is 5. The highest BCUT2D eigenvalue weighted by Crippen LogP contribution is 2.20. The van der Waals surface area contributed by atoms with Gasteiger partial charge >= 0.3 is 0 Å². The Morgan fingerprint density at radius 3 is 2.79 bits per heavy atom. The number of nitrogens with one attached hydrogen (secondary N) is 1. The highest BCUT2D eigenvalue weighted by Gasteiger charge is 2.16. The van der Waals surface area contributed by atoms with Crippen LogP contribution in [0.15, 0.2) is 47.0 Å². The topological polar surface area (TPSA) is 77.2 Å². The maximum atomic E-state index is 12.4. The molecular formula is C22H25N3O3. The van der Waals surface area contributed by atoms with Gasteiger partial charge in [0.15, 0.2) is 11.5 Å². The molecule has 0 spiro atoms. The number of hydrogen-bond donors (Lipinski definition) is 1. The van der Waals surface area contributed by atoms with E-state index in [9.17, 15) is 4.79 Å². The molecule has 0 radical (unpaired) electrons. The van der Waals surface area contributed by atoms with Crippen molar-refractivity contribution in [3.8, 4) is 5.75 Å². The number of pyridine rings is 1. The molecule has 0 saturated carbocycles. The van der Waals surface area contributed by atoms with Gasteiger partial charge in [-0.15, -0.1) is 0 Å². The lowest BCUT2D eigenvalue weighted by atomic mass is 10.1. The minimum absolute atomic E-state index is 0.0758. The van der Waals surface area contributed by atoms with E-state index in [1.807, 2.05) is 64.1 Å². The zero-order chi connectivity index (χ0) is 20.1. The van der Waals surface area contributed by atoms with Crippen molar-refractivity contribution in [2.45, 2.75) is 46.8 Å². The fourth-order valence-electron chi connectivity index (χ4n) is 2.88. The van der Waals surface area contributed by atoms with Gasteiger partial charge in [0.05, 0.1) is 0 Å². The predicted octanol–water partition coefficient (Wildman–Crippen LogP) is 3.93. The highest BCUT2D eigenvalue weighted by molar-refractivity contribution is 5.92. The number of amides is 1. The standard InChI is InChI=1S/C22H25N3O3/c1-14-8-9-15(2)21(10-14)27-13-19-12-20(25-28-19)22(26)24-17(4)11-18-7-5-6-16(3)23-18/h5-10,12,17H,11,13H2,1-4H3,(H,24,26). The molecule has 0 fully saturated rings. The third-order valence-electron chi connectivity index (χ3n) is 4.34. The molecular weight excluding hydrogens is 354 g/mol. The first-order valence-electron chi connectivity index (χ1n) is 9.30. The highest BCUT2D eigenvalue weighted by atomic mass is 16.5. The van der Waals surface area contributed by atoms with Crippen LogP contribution in [0.25, 0.3) is 0 Å². The van der Waals surface area contributed by atoms with Gasteiger partial charge in [0.2, 0.25) is 0 Å². The molecule has 1 unspecified atom stereocenters. The Bertz CT molecular complexity index is 965. The summed E-state index contributed by atoms with van der Waals surface area (Å²) in [5.74, 6) is 1.02. The fourth-order valence-corrected chi connectivity index (χ4v) is 2.88. The number of carbonyl (C=O) groups is 1. The summed E-state index contributed by atoms with van der Waals surface area (Å²) in [6.07, 6.45) is 0.647. The van der Waals surface area contributed by atoms with Gasteiger partial charge in [-0.25, -0.2) is 0 Å². The van der Waals surface area contributed by atoms with Gasteiger partial charge in [0.1, 0.15) is 12.4 Å². The van der Waals surface area contributed by atoms with E-state index in [2.05, 4.69) is 15.5 Å². The molecule has 3 aromatic rings. The molecule has 2 heterocycles. The van der Waals surface area contributed by atoms with Gasteiger partial charge in [-0.05, 0) is 57.0 Å². The molecule has 0 aliphatic heterocycles. The van der Waals surface area contributed by atoms with E-state index in [1.165, 1.54) is 0 Å². The van der Waals surface area contributed by atoms with Crippen molar-refractivity contribution in [1.29, 1.82) is 0 Å². The Kier molecular flexibility index (Phi) is 6.09. The molecule has 0 bridgehead atoms. The van der Waals surface area contributed by atoms with Crippen LogP contribution in [0.1, 0.15) is 45.7 Å². The molecule has 3 rings (SSSR count). The quantitative estimate of drug-likeness (QED) is 0.673. The van der Waals surface area contributed by atoms with Crippen molar-refractivity contribution in [2.75, 3.05) is 0 Å². The van der Waals surface area contributed by atoms with E-state index < -0.39 is 0 Å². The number of aromatic nitrogens is 2. The van der Waals surface area contributed by atoms with E-state index in [-0.39, 0.29) is 24.2 Å². The zero-order valence-electron chi connectivity index (χ0n) is 16.7. The average Bonchev–Trinajstić information content (AvgIpc) is 3.11. The SMILES string of the molecule is Cc1ccc(C)c(OCc2cc(C(=O)NC(C)Cc3cccc(C)n3)no2)c1. The Morgan fingerprint density at radius 1 is 1.18 bits per heavy atom. The lowest BCUT2D eigenvalue weighted by Gasteiger charge is -2.12. The van der Waals surface area contributed by atoms with Crippen LogP contribution in [-0.2, 0) is 13.0 Å². The van der Waals surface area contributed by atoms with Gasteiger partial charge in [0, 0.05) is 29.9 Å². The van der Waals surface area contributed by atoms with Gasteiger partial charge in [-0.2, -0.15) is 0 Å². The predicted molar refractivity (Wildman–Crippen MR) is 106 cm³/mol. The number of ether oxygens (including phenoxy) is 1. The van der Waals surface area contributed by atoms with Crippen LogP contribution in [0.5, 0.6) is 5.75 Å². The fraction of sp³-hybridized carbons (Fsp3) is 0.318. The van der Waals surface area contributed by atoms with E-state index >= 15 is 0 Å². The van der Waals surface area contributed by atoms with Crippen molar-refractivity contribution >= 4 is 5.91 Å². The zero-order valence-corrected chi connectivity index (χ0v) is 16.7. The molecule has 2 aromatic heterocycles. The monoisotopic (exact) mass is 379 g/mol. The summed E-state index contributed by atoms with van der Waals surface area (Å²) in [5, 5.41) is 6.79. The van der Waals surface area contributed by atoms with Gasteiger partial charge in [-0.3, -0.25) is 9.78 Å². The second-order valence-electron chi connectivity index (χ2n) is 7.09. The molecule has 6 nitrogen and oxygen atoms in total. The number of carbonyl (C=O) groups excluding carboxylic acids is 1. The summed E-state index contributed by atoms with van der Waals surface area (Å²) in [6.45, 7) is 8.10. The molecule has 0 aliphatic rings. The summed E-state index contributed by atoms with van der Waals surface area (Å²) < 4.78 is 11.0. The smallest absolute Gasteiger partial charge is 0.273 e. The Morgan fingerprint density at radius 2 is 2.00 bits per heavy atom. The summed E-state index contributed by atoms with van der Waals surface area (Å²) in [6, 6.07) is 13.4. The number of nitrogens with zero attached hydrogens (tertiary/aromatic N) is 2. The Labute approximate surface area is 164 Å². The molecule has 28 heavy (non-hydrogen) atoms. The summed E-state index contributed by atoms with van der Waals surface area (Å²) >= 11 is 0. The lowest BCUT2D eigenvalue weighted by molar-refractivity contribution is 0.0930. The first-order valence-corrected chi connectivity index (χ1v) is 9.30. The summed E-state index contributed by atoms with van der Waals surface area (Å²) in [7, 11) is 0. The Balaban J connectivity index is 1.55. The van der Waals surface area contributed by atoms with Crippen LogP contribution in [0, 0.1) is 20.8 Å². The first-order chi connectivity index (χ1) is 13.4. The minimum Gasteiger partial charge on any atom is -0.485 e. The summed E-state index contributed by atoms with van der Waals surface area (Å²) in [5.41, 5.74) is 4.30. The van der Waals surface area contributed by atoms with E-state index in [4.69, 9.17) is 9.26 Å². The molecule has 6 heteroatoms. The van der Waals surface area contributed by atoms with Crippen LogP contribution in [0.4, 0.5) is 0 Å². The molecule has 146 valence electrons. The van der Waals surface area contributed by atoms with Gasteiger partial charge < -0.3 is 14.6 Å². The molecule has 1 atom stereocenters. The van der Waals surface area contributed by atoms with Gasteiger partial charge in [-0.1, -0.05) is 23.4 Å². The van der Waals surface area contributed by atoms with Crippen molar-refractivity contribution < 1.29 is 14.1 Å². The lowest BCUT2D eigenvalue weighted by Crippen LogP contribution is -2.34. The Hall–Kier alpha value is -3.15. The molecule has 0 saturated heterocycles. The van der Waals surface area contributed by atoms with E-state index in [0.717, 1.165) is 28.3 Å². The average molecular weight is 379 g/mol. The molecule has 1 amide bonds. The largest absolute Gasteiger partial charge is 0.485 e. The van der Waals surface area contributed by atoms with Crippen LogP contribution >= 0.6 is 0 Å². The third-order valence-corrected chi connectivity index (χ3v) is 4.34. The second kappa shape index (κ2) is 8.69.